The third kappa shape index (κ3) is 2.27. The van der Waals surface area contributed by atoms with Crippen LogP contribution in [-0.2, 0) is 5.41 Å². The maximum atomic E-state index is 3.60. The van der Waals surface area contributed by atoms with E-state index in [2.05, 4.69) is 73.0 Å². The van der Waals surface area contributed by atoms with E-state index in [4.69, 9.17) is 0 Å². The van der Waals surface area contributed by atoms with Crippen molar-refractivity contribution in [2.24, 2.45) is 0 Å². The Hall–Kier alpha value is -1.60. The van der Waals surface area contributed by atoms with Crippen LogP contribution in [0.1, 0.15) is 42.9 Å². The highest BCUT2D eigenvalue weighted by atomic mass is 14.9. The fourth-order valence-corrected chi connectivity index (χ4v) is 3.93. The smallest absolute Gasteiger partial charge is 0.0415 e. The van der Waals surface area contributed by atoms with Gasteiger partial charge in [0.2, 0.25) is 0 Å². The maximum absolute atomic E-state index is 3.60. The van der Waals surface area contributed by atoms with Crippen LogP contribution < -0.4 is 5.32 Å². The van der Waals surface area contributed by atoms with E-state index < -0.39 is 0 Å². The molecule has 0 radical (unpaired) electrons. The molecule has 1 fully saturated rings. The van der Waals surface area contributed by atoms with Crippen molar-refractivity contribution in [3.63, 3.8) is 0 Å². The number of rotatable bonds is 4. The van der Waals surface area contributed by atoms with Crippen molar-refractivity contribution in [3.8, 4) is 0 Å². The quantitative estimate of drug-likeness (QED) is 0.860. The van der Waals surface area contributed by atoms with Crippen LogP contribution in [0.15, 0.2) is 60.7 Å². The van der Waals surface area contributed by atoms with E-state index >= 15 is 0 Å². The molecule has 1 aliphatic carbocycles. The molecule has 1 N–H and O–H groups in total. The van der Waals surface area contributed by atoms with Crippen LogP contribution in [0.25, 0.3) is 0 Å². The lowest BCUT2D eigenvalue weighted by Crippen LogP contribution is -2.38. The molecule has 3 rings (SSSR count). The number of hydrogen-bond acceptors (Lipinski definition) is 1. The van der Waals surface area contributed by atoms with Crippen LogP contribution in [0.4, 0.5) is 0 Å². The summed E-state index contributed by atoms with van der Waals surface area (Å²) in [5.74, 6) is 0. The van der Waals surface area contributed by atoms with Gasteiger partial charge in [-0.1, -0.05) is 73.5 Å². The van der Waals surface area contributed by atoms with E-state index in [-0.39, 0.29) is 5.41 Å². The first-order valence-electron chi connectivity index (χ1n) is 7.64. The lowest BCUT2D eigenvalue weighted by molar-refractivity contribution is 0.316. The molecule has 0 amide bonds. The Morgan fingerprint density at radius 3 is 1.95 bits per heavy atom. The Morgan fingerprint density at radius 1 is 0.850 bits per heavy atom. The largest absolute Gasteiger partial charge is 0.312 e. The summed E-state index contributed by atoms with van der Waals surface area (Å²) >= 11 is 0. The van der Waals surface area contributed by atoms with Crippen LogP contribution in [-0.4, -0.2) is 7.05 Å². The van der Waals surface area contributed by atoms with E-state index in [1.807, 2.05) is 0 Å². The van der Waals surface area contributed by atoms with Gasteiger partial charge in [-0.3, -0.25) is 0 Å². The minimum absolute atomic E-state index is 0.247. The minimum atomic E-state index is 0.247. The van der Waals surface area contributed by atoms with Gasteiger partial charge in [-0.15, -0.1) is 0 Å². The van der Waals surface area contributed by atoms with Gasteiger partial charge in [-0.25, -0.2) is 0 Å². The standard InChI is InChI=1S/C19H23N/c1-20-18(16-10-4-2-5-11-16)19(14-8-9-15-19)17-12-6-3-7-13-17/h2-7,10-13,18,20H,8-9,14-15H2,1H3. The number of hydrogen-bond donors (Lipinski definition) is 1. The van der Waals surface area contributed by atoms with E-state index in [1.165, 1.54) is 36.8 Å². The van der Waals surface area contributed by atoms with Crippen molar-refractivity contribution in [2.45, 2.75) is 37.1 Å². The molecule has 0 aliphatic heterocycles. The number of benzene rings is 2. The first-order valence-corrected chi connectivity index (χ1v) is 7.64. The van der Waals surface area contributed by atoms with Gasteiger partial charge in [0.05, 0.1) is 0 Å². The van der Waals surface area contributed by atoms with Gasteiger partial charge in [0.1, 0.15) is 0 Å². The Bertz CT molecular complexity index is 526. The predicted octanol–water partition coefficient (Wildman–Crippen LogP) is 4.46. The minimum Gasteiger partial charge on any atom is -0.312 e. The van der Waals surface area contributed by atoms with Crippen molar-refractivity contribution in [1.82, 2.24) is 5.32 Å². The molecule has 0 bridgehead atoms. The van der Waals surface area contributed by atoms with Gasteiger partial charge in [0.15, 0.2) is 0 Å². The molecule has 0 aromatic heterocycles. The molecule has 1 aliphatic rings. The van der Waals surface area contributed by atoms with E-state index in [9.17, 15) is 0 Å². The van der Waals surface area contributed by atoms with Crippen LogP contribution in [0.3, 0.4) is 0 Å². The average molecular weight is 265 g/mol. The summed E-state index contributed by atoms with van der Waals surface area (Å²) in [4.78, 5) is 0. The normalized spacial score (nSPS) is 18.9. The molecular weight excluding hydrogens is 242 g/mol. The second-order valence-electron chi connectivity index (χ2n) is 5.86. The molecule has 1 nitrogen and oxygen atoms in total. The molecule has 1 unspecified atom stereocenters. The Balaban J connectivity index is 2.06. The zero-order valence-electron chi connectivity index (χ0n) is 12.2. The maximum Gasteiger partial charge on any atom is 0.0415 e. The molecule has 1 atom stereocenters. The topological polar surface area (TPSA) is 12.0 Å². The molecule has 2 aromatic rings. The number of likely N-dealkylation sites (N-methyl/N-ethyl adjacent to an activating group) is 1. The van der Waals surface area contributed by atoms with Crippen molar-refractivity contribution >= 4 is 0 Å². The average Bonchev–Trinajstić information content (AvgIpc) is 3.01. The first-order chi connectivity index (χ1) is 9.87. The third-order valence-corrected chi connectivity index (χ3v) is 4.82. The van der Waals surface area contributed by atoms with E-state index in [1.54, 1.807) is 0 Å². The SMILES string of the molecule is CNC(c1ccccc1)C1(c2ccccc2)CCCC1. The summed E-state index contributed by atoms with van der Waals surface area (Å²) in [5.41, 5.74) is 3.14. The van der Waals surface area contributed by atoms with Gasteiger partial charge in [0.25, 0.3) is 0 Å². The lowest BCUT2D eigenvalue weighted by atomic mass is 9.70. The van der Waals surface area contributed by atoms with Gasteiger partial charge < -0.3 is 5.32 Å². The molecule has 0 heterocycles. The molecular formula is C19H23N. The van der Waals surface area contributed by atoms with Crippen molar-refractivity contribution in [3.05, 3.63) is 71.8 Å². The summed E-state index contributed by atoms with van der Waals surface area (Å²) in [6.45, 7) is 0. The summed E-state index contributed by atoms with van der Waals surface area (Å²) in [6.07, 6.45) is 5.22. The summed E-state index contributed by atoms with van der Waals surface area (Å²) in [5, 5.41) is 3.60. The lowest BCUT2D eigenvalue weighted by Gasteiger charge is -2.38. The van der Waals surface area contributed by atoms with Crippen LogP contribution in [0.5, 0.6) is 0 Å². The van der Waals surface area contributed by atoms with Crippen molar-refractivity contribution in [2.75, 3.05) is 7.05 Å². The highest BCUT2D eigenvalue weighted by Crippen LogP contribution is 2.49. The first kappa shape index (κ1) is 13.4. The van der Waals surface area contributed by atoms with Crippen molar-refractivity contribution < 1.29 is 0 Å². The molecule has 104 valence electrons. The van der Waals surface area contributed by atoms with Gasteiger partial charge >= 0.3 is 0 Å². The fourth-order valence-electron chi connectivity index (χ4n) is 3.93. The molecule has 20 heavy (non-hydrogen) atoms. The number of nitrogens with one attached hydrogen (secondary N) is 1. The molecule has 2 aromatic carbocycles. The second kappa shape index (κ2) is 5.80. The van der Waals surface area contributed by atoms with Gasteiger partial charge in [-0.05, 0) is 31.0 Å². The summed E-state index contributed by atoms with van der Waals surface area (Å²) < 4.78 is 0. The zero-order valence-corrected chi connectivity index (χ0v) is 12.2. The van der Waals surface area contributed by atoms with E-state index in [0.717, 1.165) is 0 Å². The predicted molar refractivity (Wildman–Crippen MR) is 84.8 cm³/mol. The second-order valence-corrected chi connectivity index (χ2v) is 5.86. The Morgan fingerprint density at radius 2 is 1.40 bits per heavy atom. The summed E-state index contributed by atoms with van der Waals surface area (Å²) in [6, 6.07) is 22.4. The monoisotopic (exact) mass is 265 g/mol. The zero-order chi connectivity index (χ0) is 13.8. The highest BCUT2D eigenvalue weighted by Gasteiger charge is 2.42. The van der Waals surface area contributed by atoms with Gasteiger partial charge in [0, 0.05) is 11.5 Å². The van der Waals surface area contributed by atoms with Crippen LogP contribution in [0, 0.1) is 0 Å². The molecule has 1 heteroatoms. The fraction of sp³-hybridized carbons (Fsp3) is 0.368. The van der Waals surface area contributed by atoms with Crippen LogP contribution in [0.2, 0.25) is 0 Å². The molecule has 0 saturated heterocycles. The van der Waals surface area contributed by atoms with Gasteiger partial charge in [-0.2, -0.15) is 0 Å². The molecule has 1 saturated carbocycles. The summed E-state index contributed by atoms with van der Waals surface area (Å²) in [7, 11) is 2.10. The van der Waals surface area contributed by atoms with E-state index in [0.29, 0.717) is 6.04 Å². The molecule has 0 spiro atoms. The third-order valence-electron chi connectivity index (χ3n) is 4.82. The highest BCUT2D eigenvalue weighted by molar-refractivity contribution is 5.34. The van der Waals surface area contributed by atoms with Crippen molar-refractivity contribution in [1.29, 1.82) is 0 Å². The Labute approximate surface area is 122 Å². The van der Waals surface area contributed by atoms with Crippen LogP contribution >= 0.6 is 0 Å². The Kier molecular flexibility index (Phi) is 3.88.